The number of carbonyl (C=O) groups excluding carboxylic acids is 3. The molecule has 2 fully saturated rings. The quantitative estimate of drug-likeness (QED) is 0.678. The number of hydrogen-bond acceptors (Lipinski definition) is 5. The summed E-state index contributed by atoms with van der Waals surface area (Å²) >= 11 is 0. The van der Waals surface area contributed by atoms with Gasteiger partial charge in [-0.2, -0.15) is 0 Å². The second-order valence-corrected chi connectivity index (χ2v) is 7.71. The summed E-state index contributed by atoms with van der Waals surface area (Å²) in [5.41, 5.74) is -0.0579. The molecular weight excluding hydrogens is 387 g/mol. The maximum Gasteiger partial charge on any atom is 0.422 e. The Morgan fingerprint density at radius 2 is 1.67 bits per heavy atom. The maximum absolute atomic E-state index is 13.0. The first-order valence-electron chi connectivity index (χ1n) is 10.1. The van der Waals surface area contributed by atoms with Crippen LogP contribution < -0.4 is 4.90 Å². The molecule has 30 heavy (non-hydrogen) atoms. The molecule has 2 saturated heterocycles. The van der Waals surface area contributed by atoms with Gasteiger partial charge in [0.1, 0.15) is 5.82 Å². The Morgan fingerprint density at radius 3 is 2.33 bits per heavy atom. The number of Topliss-reactive ketones (excluding diaryl/α,β-unsaturated/α-hetero) is 1. The number of nitrogens with zero attached hydrogens (tertiary/aromatic N) is 2. The molecule has 0 aliphatic carbocycles. The number of carbonyl (C=O) groups is 3. The molecule has 0 bridgehead atoms. The van der Waals surface area contributed by atoms with Gasteiger partial charge in [0.15, 0.2) is 11.4 Å². The number of ketones is 1. The molecule has 156 valence electrons. The molecule has 2 aromatic carbocycles. The van der Waals surface area contributed by atoms with Gasteiger partial charge in [-0.1, -0.05) is 18.2 Å². The van der Waals surface area contributed by atoms with Crippen molar-refractivity contribution in [2.45, 2.75) is 31.3 Å². The van der Waals surface area contributed by atoms with Crippen molar-refractivity contribution in [3.63, 3.8) is 0 Å². The van der Waals surface area contributed by atoms with Crippen molar-refractivity contribution < 1.29 is 23.5 Å². The first kappa shape index (κ1) is 20.2. The molecule has 4 rings (SSSR count). The molecule has 0 unspecified atom stereocenters. The standard InChI is InChI=1S/C23H23FN2O4/c24-18-10-8-17(9-11-18)20(27)7-4-14-25-15-12-23(13-16-25)21(28)26(22(29)30-23)19-5-2-1-3-6-19/h1-3,5-6,8-11H,4,7,12-16H2. The second kappa shape index (κ2) is 8.36. The fraction of sp³-hybridized carbons (Fsp3) is 0.348. The van der Waals surface area contributed by atoms with Gasteiger partial charge in [-0.25, -0.2) is 14.1 Å². The van der Waals surface area contributed by atoms with Crippen LogP contribution in [0.15, 0.2) is 54.6 Å². The highest BCUT2D eigenvalue weighted by molar-refractivity contribution is 6.20. The third-order valence-corrected chi connectivity index (χ3v) is 5.78. The predicted octanol–water partition coefficient (Wildman–Crippen LogP) is 3.81. The lowest BCUT2D eigenvalue weighted by Gasteiger charge is -2.36. The van der Waals surface area contributed by atoms with Gasteiger partial charge in [0.05, 0.1) is 5.69 Å². The average Bonchev–Trinajstić information content (AvgIpc) is 3.00. The van der Waals surface area contributed by atoms with E-state index in [-0.39, 0.29) is 17.5 Å². The van der Waals surface area contributed by atoms with Crippen LogP contribution in [0.1, 0.15) is 36.0 Å². The molecule has 0 N–H and O–H groups in total. The molecule has 2 aliphatic heterocycles. The third-order valence-electron chi connectivity index (χ3n) is 5.78. The second-order valence-electron chi connectivity index (χ2n) is 7.71. The zero-order chi connectivity index (χ0) is 21.1. The minimum Gasteiger partial charge on any atom is -0.432 e. The number of likely N-dealkylation sites (tertiary alicyclic amines) is 1. The highest BCUT2D eigenvalue weighted by atomic mass is 19.1. The topological polar surface area (TPSA) is 66.9 Å². The number of amides is 2. The number of anilines is 1. The summed E-state index contributed by atoms with van der Waals surface area (Å²) in [7, 11) is 0. The molecule has 0 atom stereocenters. The van der Waals surface area contributed by atoms with Crippen LogP contribution in [0.4, 0.5) is 14.9 Å². The van der Waals surface area contributed by atoms with E-state index >= 15 is 0 Å². The van der Waals surface area contributed by atoms with Crippen LogP contribution in [0, 0.1) is 5.82 Å². The predicted molar refractivity (Wildman–Crippen MR) is 109 cm³/mol. The van der Waals surface area contributed by atoms with E-state index in [1.807, 2.05) is 6.07 Å². The number of ether oxygens (including phenoxy) is 1. The van der Waals surface area contributed by atoms with Crippen LogP contribution in [0.5, 0.6) is 0 Å². The normalized spacial score (nSPS) is 18.6. The van der Waals surface area contributed by atoms with Crippen molar-refractivity contribution in [3.05, 3.63) is 66.0 Å². The van der Waals surface area contributed by atoms with E-state index in [2.05, 4.69) is 4.90 Å². The van der Waals surface area contributed by atoms with Crippen LogP contribution in [-0.4, -0.2) is 47.9 Å². The lowest BCUT2D eigenvalue weighted by Crippen LogP contribution is -2.50. The molecule has 2 amide bonds. The minimum atomic E-state index is -1.09. The van der Waals surface area contributed by atoms with E-state index in [0.717, 1.165) is 4.90 Å². The van der Waals surface area contributed by atoms with Crippen molar-refractivity contribution in [1.29, 1.82) is 0 Å². The van der Waals surface area contributed by atoms with Crippen molar-refractivity contribution in [2.24, 2.45) is 0 Å². The number of rotatable bonds is 6. The van der Waals surface area contributed by atoms with E-state index < -0.39 is 11.7 Å². The minimum absolute atomic E-state index is 0.0121. The van der Waals surface area contributed by atoms with E-state index in [1.54, 1.807) is 24.3 Å². The number of benzene rings is 2. The van der Waals surface area contributed by atoms with Gasteiger partial charge in [0.2, 0.25) is 0 Å². The van der Waals surface area contributed by atoms with E-state index in [1.165, 1.54) is 24.3 Å². The summed E-state index contributed by atoms with van der Waals surface area (Å²) in [6.07, 6.45) is 1.31. The Balaban J connectivity index is 1.29. The number of halogens is 1. The van der Waals surface area contributed by atoms with Gasteiger partial charge >= 0.3 is 6.09 Å². The summed E-state index contributed by atoms with van der Waals surface area (Å²) in [5, 5.41) is 0. The first-order chi connectivity index (χ1) is 14.5. The van der Waals surface area contributed by atoms with Gasteiger partial charge < -0.3 is 9.64 Å². The van der Waals surface area contributed by atoms with Gasteiger partial charge in [-0.3, -0.25) is 9.59 Å². The SMILES string of the molecule is O=C(CCCN1CCC2(CC1)OC(=O)N(c1ccccc1)C2=O)c1ccc(F)cc1. The lowest BCUT2D eigenvalue weighted by atomic mass is 9.90. The highest BCUT2D eigenvalue weighted by Crippen LogP contribution is 2.36. The third kappa shape index (κ3) is 3.98. The molecule has 0 aromatic heterocycles. The largest absolute Gasteiger partial charge is 0.432 e. The summed E-state index contributed by atoms with van der Waals surface area (Å²) in [6, 6.07) is 14.4. The molecule has 2 aromatic rings. The summed E-state index contributed by atoms with van der Waals surface area (Å²) in [6.45, 7) is 1.95. The van der Waals surface area contributed by atoms with Crippen LogP contribution in [0.3, 0.4) is 0 Å². The Kier molecular flexibility index (Phi) is 5.63. The summed E-state index contributed by atoms with van der Waals surface area (Å²) < 4.78 is 18.5. The first-order valence-corrected chi connectivity index (χ1v) is 10.1. The molecule has 1 spiro atoms. The zero-order valence-corrected chi connectivity index (χ0v) is 16.6. The number of hydrogen-bond donors (Lipinski definition) is 0. The number of piperidine rings is 1. The lowest BCUT2D eigenvalue weighted by molar-refractivity contribution is -0.133. The van der Waals surface area contributed by atoms with Gasteiger partial charge in [0.25, 0.3) is 5.91 Å². The van der Waals surface area contributed by atoms with E-state index in [4.69, 9.17) is 4.74 Å². The fourth-order valence-corrected chi connectivity index (χ4v) is 4.04. The van der Waals surface area contributed by atoms with Crippen LogP contribution in [0.2, 0.25) is 0 Å². The maximum atomic E-state index is 13.0. The van der Waals surface area contributed by atoms with Gasteiger partial charge in [0, 0.05) is 37.9 Å². The fourth-order valence-electron chi connectivity index (χ4n) is 4.04. The Hall–Kier alpha value is -3.06. The van der Waals surface area contributed by atoms with Crippen molar-refractivity contribution >= 4 is 23.5 Å². The Bertz CT molecular complexity index is 937. The molecule has 6 nitrogen and oxygen atoms in total. The molecule has 2 heterocycles. The number of para-hydroxylation sites is 1. The highest BCUT2D eigenvalue weighted by Gasteiger charge is 2.55. The summed E-state index contributed by atoms with van der Waals surface area (Å²) in [5.74, 6) is -0.673. The smallest absolute Gasteiger partial charge is 0.422 e. The Morgan fingerprint density at radius 1 is 1.00 bits per heavy atom. The van der Waals surface area contributed by atoms with Crippen molar-refractivity contribution in [3.8, 4) is 0 Å². The molecule has 0 saturated carbocycles. The summed E-state index contributed by atoms with van der Waals surface area (Å²) in [4.78, 5) is 40.8. The van der Waals surface area contributed by atoms with Crippen LogP contribution in [0.25, 0.3) is 0 Å². The molecule has 7 heteroatoms. The van der Waals surface area contributed by atoms with E-state index in [0.29, 0.717) is 56.6 Å². The molecule has 2 aliphatic rings. The van der Waals surface area contributed by atoms with Crippen molar-refractivity contribution in [2.75, 3.05) is 24.5 Å². The number of imide groups is 1. The Labute approximate surface area is 174 Å². The van der Waals surface area contributed by atoms with Gasteiger partial charge in [-0.15, -0.1) is 0 Å². The molecule has 0 radical (unpaired) electrons. The van der Waals surface area contributed by atoms with Crippen LogP contribution in [-0.2, 0) is 9.53 Å². The molecular formula is C23H23FN2O4. The van der Waals surface area contributed by atoms with Crippen LogP contribution >= 0.6 is 0 Å². The van der Waals surface area contributed by atoms with E-state index in [9.17, 15) is 18.8 Å². The monoisotopic (exact) mass is 410 g/mol. The van der Waals surface area contributed by atoms with Gasteiger partial charge in [-0.05, 0) is 49.4 Å². The average molecular weight is 410 g/mol. The zero-order valence-electron chi connectivity index (χ0n) is 16.6. The van der Waals surface area contributed by atoms with Crippen molar-refractivity contribution in [1.82, 2.24) is 4.90 Å².